The predicted molar refractivity (Wildman–Crippen MR) is 118 cm³/mol. The standard InChI is InChI=1S/C23H23F2N7O/c1-14-11-28-22(30-17-12-29-32(13-17)18-4-7-23(24,25)8-5-18)31-20(14)16-2-3-19(21(27)33)15(10-16)6-9-26/h2-3,10-13,18H,4-8H2,1H3,(H2,27,33)(H,28,30,31). The molecule has 3 aromatic rings. The van der Waals surface area contributed by atoms with Crippen molar-refractivity contribution >= 4 is 17.5 Å². The second kappa shape index (κ2) is 8.94. The number of carbonyl (C=O) groups is 1. The Morgan fingerprint density at radius 2 is 2.09 bits per heavy atom. The molecule has 1 aliphatic carbocycles. The Morgan fingerprint density at radius 3 is 2.79 bits per heavy atom. The molecular weight excluding hydrogens is 428 g/mol. The summed E-state index contributed by atoms with van der Waals surface area (Å²) in [6.45, 7) is 1.86. The van der Waals surface area contributed by atoms with Crippen molar-refractivity contribution in [2.45, 2.75) is 51.0 Å². The van der Waals surface area contributed by atoms with Gasteiger partial charge in [0.05, 0.1) is 36.1 Å². The Bertz CT molecular complexity index is 1220. The van der Waals surface area contributed by atoms with Crippen molar-refractivity contribution in [2.24, 2.45) is 5.73 Å². The van der Waals surface area contributed by atoms with Crippen molar-refractivity contribution in [1.82, 2.24) is 19.7 Å². The number of carbonyl (C=O) groups excluding carboxylic acids is 1. The summed E-state index contributed by atoms with van der Waals surface area (Å²) in [6, 6.07) is 7.05. The number of anilines is 2. The van der Waals surface area contributed by atoms with Crippen LogP contribution in [-0.2, 0) is 6.42 Å². The zero-order valence-electron chi connectivity index (χ0n) is 18.1. The monoisotopic (exact) mass is 451 g/mol. The average Bonchev–Trinajstić information content (AvgIpc) is 3.23. The largest absolute Gasteiger partial charge is 0.366 e. The number of nitriles is 1. The molecule has 0 spiro atoms. The van der Waals surface area contributed by atoms with Gasteiger partial charge in [-0.1, -0.05) is 6.07 Å². The van der Waals surface area contributed by atoms with Gasteiger partial charge in [0.25, 0.3) is 0 Å². The number of aryl methyl sites for hydroxylation is 1. The second-order valence-electron chi connectivity index (χ2n) is 8.22. The van der Waals surface area contributed by atoms with Crippen LogP contribution in [0.1, 0.15) is 53.2 Å². The van der Waals surface area contributed by atoms with E-state index < -0.39 is 11.8 Å². The van der Waals surface area contributed by atoms with E-state index in [9.17, 15) is 13.6 Å². The zero-order chi connectivity index (χ0) is 23.6. The molecule has 0 aliphatic heterocycles. The van der Waals surface area contributed by atoms with Crippen LogP contribution in [0.15, 0.2) is 36.8 Å². The summed E-state index contributed by atoms with van der Waals surface area (Å²) >= 11 is 0. The molecule has 1 aromatic carbocycles. The van der Waals surface area contributed by atoms with E-state index in [2.05, 4.69) is 20.4 Å². The number of primary amides is 1. The first-order chi connectivity index (χ1) is 15.8. The van der Waals surface area contributed by atoms with E-state index in [1.807, 2.05) is 13.0 Å². The molecule has 4 rings (SSSR count). The molecule has 2 heterocycles. The molecular formula is C23H23F2N7O. The van der Waals surface area contributed by atoms with Crippen LogP contribution >= 0.6 is 0 Å². The van der Waals surface area contributed by atoms with Crippen LogP contribution in [0, 0.1) is 18.3 Å². The Hall–Kier alpha value is -3.87. The third-order valence-electron chi connectivity index (χ3n) is 5.80. The number of nitrogens with one attached hydrogen (secondary N) is 1. The molecule has 8 nitrogen and oxygen atoms in total. The van der Waals surface area contributed by atoms with Gasteiger partial charge in [0.1, 0.15) is 0 Å². The highest BCUT2D eigenvalue weighted by molar-refractivity contribution is 5.95. The quantitative estimate of drug-likeness (QED) is 0.576. The summed E-state index contributed by atoms with van der Waals surface area (Å²) in [6.07, 6.45) is 5.60. The minimum absolute atomic E-state index is 0.0492. The maximum Gasteiger partial charge on any atom is 0.249 e. The van der Waals surface area contributed by atoms with Crippen LogP contribution in [-0.4, -0.2) is 31.6 Å². The molecule has 0 atom stereocenters. The first kappa shape index (κ1) is 22.3. The first-order valence-electron chi connectivity index (χ1n) is 10.6. The fourth-order valence-corrected chi connectivity index (χ4v) is 4.03. The summed E-state index contributed by atoms with van der Waals surface area (Å²) in [7, 11) is 0. The number of alkyl halides is 2. The lowest BCUT2D eigenvalue weighted by atomic mass is 9.92. The van der Waals surface area contributed by atoms with E-state index in [0.29, 0.717) is 41.3 Å². The number of halogens is 2. The van der Waals surface area contributed by atoms with Gasteiger partial charge in [0.2, 0.25) is 17.8 Å². The fourth-order valence-electron chi connectivity index (χ4n) is 4.03. The lowest BCUT2D eigenvalue weighted by Crippen LogP contribution is -2.26. The SMILES string of the molecule is Cc1cnc(Nc2cnn(C3CCC(F)(F)CC3)c2)nc1-c1ccc(C(N)=O)c(CC#N)c1. The fraction of sp³-hybridized carbons (Fsp3) is 0.348. The van der Waals surface area contributed by atoms with Gasteiger partial charge in [-0.3, -0.25) is 9.48 Å². The van der Waals surface area contributed by atoms with Crippen LogP contribution in [0.4, 0.5) is 20.4 Å². The van der Waals surface area contributed by atoms with Crippen molar-refractivity contribution < 1.29 is 13.6 Å². The number of hydrogen-bond donors (Lipinski definition) is 2. The Balaban J connectivity index is 1.55. The average molecular weight is 451 g/mol. The van der Waals surface area contributed by atoms with Gasteiger partial charge >= 0.3 is 0 Å². The van der Waals surface area contributed by atoms with Gasteiger partial charge in [0.15, 0.2) is 0 Å². The number of nitrogens with zero attached hydrogens (tertiary/aromatic N) is 5. The Labute approximate surface area is 189 Å². The Kier molecular flexibility index (Phi) is 6.05. The molecule has 2 aromatic heterocycles. The van der Waals surface area contributed by atoms with Crippen molar-refractivity contribution in [3.63, 3.8) is 0 Å². The van der Waals surface area contributed by atoms with E-state index in [1.165, 1.54) is 0 Å². The van der Waals surface area contributed by atoms with Crippen molar-refractivity contribution in [2.75, 3.05) is 5.32 Å². The highest BCUT2D eigenvalue weighted by Crippen LogP contribution is 2.38. The molecule has 33 heavy (non-hydrogen) atoms. The van der Waals surface area contributed by atoms with Crippen LogP contribution in [0.2, 0.25) is 0 Å². The molecule has 1 aliphatic rings. The predicted octanol–water partition coefficient (Wildman–Crippen LogP) is 4.31. The maximum absolute atomic E-state index is 13.4. The van der Waals surface area contributed by atoms with Crippen LogP contribution < -0.4 is 11.1 Å². The van der Waals surface area contributed by atoms with Gasteiger partial charge in [-0.05, 0) is 43.0 Å². The molecule has 1 fully saturated rings. The summed E-state index contributed by atoms with van der Waals surface area (Å²) in [4.78, 5) is 20.6. The normalized spacial score (nSPS) is 15.7. The first-order valence-corrected chi connectivity index (χ1v) is 10.6. The third-order valence-corrected chi connectivity index (χ3v) is 5.80. The molecule has 0 bridgehead atoms. The number of rotatable bonds is 6. The highest BCUT2D eigenvalue weighted by Gasteiger charge is 2.35. The number of hydrogen-bond acceptors (Lipinski definition) is 6. The summed E-state index contributed by atoms with van der Waals surface area (Å²) < 4.78 is 28.6. The van der Waals surface area contributed by atoms with E-state index in [0.717, 1.165) is 11.1 Å². The summed E-state index contributed by atoms with van der Waals surface area (Å²) in [5.41, 5.74) is 9.09. The van der Waals surface area contributed by atoms with Crippen LogP contribution in [0.5, 0.6) is 0 Å². The minimum atomic E-state index is -2.58. The van der Waals surface area contributed by atoms with E-state index in [-0.39, 0.29) is 25.3 Å². The number of benzene rings is 1. The van der Waals surface area contributed by atoms with Crippen LogP contribution in [0.25, 0.3) is 11.3 Å². The van der Waals surface area contributed by atoms with E-state index >= 15 is 0 Å². The smallest absolute Gasteiger partial charge is 0.249 e. The van der Waals surface area contributed by atoms with Gasteiger partial charge < -0.3 is 11.1 Å². The molecule has 170 valence electrons. The number of nitrogens with two attached hydrogens (primary N) is 1. The van der Waals surface area contributed by atoms with Crippen molar-refractivity contribution in [3.05, 3.63) is 53.5 Å². The molecule has 1 amide bonds. The number of amides is 1. The molecule has 0 radical (unpaired) electrons. The zero-order valence-corrected chi connectivity index (χ0v) is 18.1. The number of aromatic nitrogens is 4. The highest BCUT2D eigenvalue weighted by atomic mass is 19.3. The Morgan fingerprint density at radius 1 is 1.33 bits per heavy atom. The van der Waals surface area contributed by atoms with Crippen LogP contribution in [0.3, 0.4) is 0 Å². The van der Waals surface area contributed by atoms with Gasteiger partial charge in [-0.25, -0.2) is 18.7 Å². The van der Waals surface area contributed by atoms with E-state index in [1.54, 1.807) is 41.5 Å². The minimum Gasteiger partial charge on any atom is -0.366 e. The van der Waals surface area contributed by atoms with Gasteiger partial charge in [0, 0.05) is 36.4 Å². The molecule has 10 heteroatoms. The topological polar surface area (TPSA) is 123 Å². The maximum atomic E-state index is 13.4. The molecule has 0 unspecified atom stereocenters. The molecule has 0 saturated heterocycles. The third kappa shape index (κ3) is 4.98. The van der Waals surface area contributed by atoms with E-state index in [4.69, 9.17) is 11.0 Å². The molecule has 1 saturated carbocycles. The van der Waals surface area contributed by atoms with Crippen molar-refractivity contribution in [3.8, 4) is 17.3 Å². The van der Waals surface area contributed by atoms with Crippen molar-refractivity contribution in [1.29, 1.82) is 5.26 Å². The van der Waals surface area contributed by atoms with Gasteiger partial charge in [-0.2, -0.15) is 10.4 Å². The summed E-state index contributed by atoms with van der Waals surface area (Å²) in [5.74, 6) is -2.84. The van der Waals surface area contributed by atoms with Gasteiger partial charge in [-0.15, -0.1) is 0 Å². The lowest BCUT2D eigenvalue weighted by molar-refractivity contribution is -0.0449. The lowest BCUT2D eigenvalue weighted by Gasteiger charge is -2.28. The molecule has 3 N–H and O–H groups in total. The summed E-state index contributed by atoms with van der Waals surface area (Å²) in [5, 5.41) is 16.5. The second-order valence-corrected chi connectivity index (χ2v) is 8.22.